The average molecular weight is 480 g/mol. The Morgan fingerprint density at radius 1 is 1.32 bits per heavy atom. The molecule has 0 amide bonds. The predicted molar refractivity (Wildman–Crippen MR) is 106 cm³/mol. The van der Waals surface area contributed by atoms with Crippen LogP contribution in [0, 0.1) is 5.92 Å². The number of methoxy groups -OCH3 is 1. The molecule has 0 aromatic heterocycles. The van der Waals surface area contributed by atoms with Gasteiger partial charge in [0.25, 0.3) is 0 Å². The third kappa shape index (κ3) is 11.8. The van der Waals surface area contributed by atoms with E-state index in [-0.39, 0.29) is 30.0 Å². The van der Waals surface area contributed by atoms with Crippen LogP contribution in [0.3, 0.4) is 0 Å². The number of alkyl halides is 3. The topological polar surface area (TPSA) is 48.9 Å². The highest BCUT2D eigenvalue weighted by molar-refractivity contribution is 14.0. The van der Waals surface area contributed by atoms with Crippen molar-refractivity contribution in [2.24, 2.45) is 10.9 Å². The summed E-state index contributed by atoms with van der Waals surface area (Å²) in [6, 6.07) is 0.165. The van der Waals surface area contributed by atoms with E-state index in [2.05, 4.69) is 15.6 Å². The maximum Gasteiger partial charge on any atom is 0.401 e. The standard InChI is InChI=1S/C16H31F3N4O.HI/c1-4-20-15(22-13(2)11-24-3)21-8-5-14-6-9-23(10-7-14)12-16(17,18)19;/h13-14H,4-12H2,1-3H3,(H2,20,21,22);1H. The second-order valence-corrected chi connectivity index (χ2v) is 6.38. The van der Waals surface area contributed by atoms with Crippen LogP contribution in [-0.4, -0.2) is 69.5 Å². The molecule has 0 radical (unpaired) electrons. The van der Waals surface area contributed by atoms with Crippen molar-refractivity contribution in [1.82, 2.24) is 15.5 Å². The van der Waals surface area contributed by atoms with Gasteiger partial charge in [-0.3, -0.25) is 9.89 Å². The summed E-state index contributed by atoms with van der Waals surface area (Å²) in [7, 11) is 1.66. The molecule has 0 bridgehead atoms. The number of likely N-dealkylation sites (tertiary alicyclic amines) is 1. The number of piperidine rings is 1. The molecular formula is C16H32F3IN4O. The third-order valence-electron chi connectivity index (χ3n) is 4.06. The van der Waals surface area contributed by atoms with Crippen LogP contribution in [0.25, 0.3) is 0 Å². The smallest absolute Gasteiger partial charge is 0.383 e. The van der Waals surface area contributed by atoms with Crippen molar-refractivity contribution in [2.45, 2.75) is 45.3 Å². The van der Waals surface area contributed by atoms with Crippen molar-refractivity contribution in [3.63, 3.8) is 0 Å². The maximum atomic E-state index is 12.4. The van der Waals surface area contributed by atoms with Crippen LogP contribution in [0.4, 0.5) is 13.2 Å². The van der Waals surface area contributed by atoms with Gasteiger partial charge in [-0.25, -0.2) is 0 Å². The lowest BCUT2D eigenvalue weighted by Crippen LogP contribution is -2.44. The Morgan fingerprint density at radius 3 is 2.48 bits per heavy atom. The first-order chi connectivity index (χ1) is 11.3. The molecule has 1 fully saturated rings. The van der Waals surface area contributed by atoms with E-state index in [1.54, 1.807) is 7.11 Å². The first-order valence-corrected chi connectivity index (χ1v) is 8.67. The van der Waals surface area contributed by atoms with Crippen LogP contribution >= 0.6 is 24.0 Å². The molecule has 1 saturated heterocycles. The summed E-state index contributed by atoms with van der Waals surface area (Å²) in [5, 5.41) is 6.46. The fourth-order valence-electron chi connectivity index (χ4n) is 2.89. The number of hydrogen-bond donors (Lipinski definition) is 2. The van der Waals surface area contributed by atoms with E-state index in [4.69, 9.17) is 4.74 Å². The van der Waals surface area contributed by atoms with Gasteiger partial charge in [0, 0.05) is 26.2 Å². The highest BCUT2D eigenvalue weighted by Gasteiger charge is 2.32. The van der Waals surface area contributed by atoms with Gasteiger partial charge in [-0.15, -0.1) is 24.0 Å². The lowest BCUT2D eigenvalue weighted by molar-refractivity contribution is -0.148. The minimum Gasteiger partial charge on any atom is -0.383 e. The van der Waals surface area contributed by atoms with E-state index in [9.17, 15) is 13.2 Å². The molecule has 1 aliphatic rings. The van der Waals surface area contributed by atoms with E-state index in [0.29, 0.717) is 32.2 Å². The van der Waals surface area contributed by atoms with Crippen molar-refractivity contribution in [3.8, 4) is 0 Å². The Balaban J connectivity index is 0.00000576. The third-order valence-corrected chi connectivity index (χ3v) is 4.06. The largest absolute Gasteiger partial charge is 0.401 e. The summed E-state index contributed by atoms with van der Waals surface area (Å²) in [6.07, 6.45) is -1.55. The fourth-order valence-corrected chi connectivity index (χ4v) is 2.89. The minimum atomic E-state index is -4.09. The first-order valence-electron chi connectivity index (χ1n) is 8.67. The van der Waals surface area contributed by atoms with E-state index in [1.807, 2.05) is 13.8 Å². The molecule has 5 nitrogen and oxygen atoms in total. The van der Waals surface area contributed by atoms with E-state index in [1.165, 1.54) is 4.90 Å². The summed E-state index contributed by atoms with van der Waals surface area (Å²) in [6.45, 7) is 6.35. The minimum absolute atomic E-state index is 0. The number of guanidine groups is 1. The van der Waals surface area contributed by atoms with Gasteiger partial charge in [0.1, 0.15) is 0 Å². The zero-order valence-corrected chi connectivity index (χ0v) is 17.7. The fraction of sp³-hybridized carbons (Fsp3) is 0.938. The SMILES string of the molecule is CCNC(=NCCC1CCN(CC(F)(F)F)CC1)NC(C)COC.I. The Kier molecular flexibility index (Phi) is 12.8. The Bertz CT molecular complexity index is 375. The average Bonchev–Trinajstić information content (AvgIpc) is 2.48. The summed E-state index contributed by atoms with van der Waals surface area (Å²) in [5.74, 6) is 1.22. The molecule has 0 saturated carbocycles. The van der Waals surface area contributed by atoms with E-state index >= 15 is 0 Å². The molecule has 0 spiro atoms. The number of aliphatic imine (C=N–C) groups is 1. The lowest BCUT2D eigenvalue weighted by Gasteiger charge is -2.32. The van der Waals surface area contributed by atoms with Crippen LogP contribution in [0.5, 0.6) is 0 Å². The number of rotatable bonds is 8. The summed E-state index contributed by atoms with van der Waals surface area (Å²) in [5.41, 5.74) is 0. The molecule has 1 aliphatic heterocycles. The zero-order chi connectivity index (χ0) is 18.0. The zero-order valence-electron chi connectivity index (χ0n) is 15.4. The number of nitrogens with one attached hydrogen (secondary N) is 2. The van der Waals surface area contributed by atoms with Crippen LogP contribution in [0.2, 0.25) is 0 Å². The molecule has 0 aliphatic carbocycles. The molecule has 0 aromatic rings. The highest BCUT2D eigenvalue weighted by atomic mass is 127. The summed E-state index contributed by atoms with van der Waals surface area (Å²) >= 11 is 0. The van der Waals surface area contributed by atoms with Gasteiger partial charge in [0.2, 0.25) is 0 Å². The number of ether oxygens (including phenoxy) is 1. The normalized spacial score (nSPS) is 18.6. The molecule has 1 heterocycles. The number of nitrogens with zero attached hydrogens (tertiary/aromatic N) is 2. The van der Waals surface area contributed by atoms with Crippen LogP contribution in [0.15, 0.2) is 4.99 Å². The number of hydrogen-bond acceptors (Lipinski definition) is 3. The van der Waals surface area contributed by atoms with Crippen LogP contribution in [-0.2, 0) is 4.74 Å². The van der Waals surface area contributed by atoms with Gasteiger partial charge in [-0.05, 0) is 52.1 Å². The molecule has 150 valence electrons. The van der Waals surface area contributed by atoms with Gasteiger partial charge >= 0.3 is 6.18 Å². The Hall–Kier alpha value is -0.290. The van der Waals surface area contributed by atoms with Gasteiger partial charge in [0.05, 0.1) is 13.2 Å². The second-order valence-electron chi connectivity index (χ2n) is 6.38. The Labute approximate surface area is 166 Å². The Morgan fingerprint density at radius 2 is 1.96 bits per heavy atom. The molecule has 1 atom stereocenters. The van der Waals surface area contributed by atoms with Crippen LogP contribution in [0.1, 0.15) is 33.1 Å². The molecule has 1 rings (SSSR count). The van der Waals surface area contributed by atoms with Crippen molar-refractivity contribution >= 4 is 29.9 Å². The van der Waals surface area contributed by atoms with Gasteiger partial charge in [-0.2, -0.15) is 13.2 Å². The molecule has 9 heteroatoms. The first kappa shape index (κ1) is 24.7. The molecule has 1 unspecified atom stereocenters. The second kappa shape index (κ2) is 13.0. The van der Waals surface area contributed by atoms with Crippen LogP contribution < -0.4 is 10.6 Å². The van der Waals surface area contributed by atoms with E-state index < -0.39 is 12.7 Å². The summed E-state index contributed by atoms with van der Waals surface area (Å²) < 4.78 is 42.2. The number of halogens is 4. The molecule has 0 aromatic carbocycles. The monoisotopic (exact) mass is 480 g/mol. The summed E-state index contributed by atoms with van der Waals surface area (Å²) in [4.78, 5) is 6.05. The quantitative estimate of drug-likeness (QED) is 0.319. The predicted octanol–water partition coefficient (Wildman–Crippen LogP) is 2.86. The van der Waals surface area contributed by atoms with Crippen molar-refractivity contribution in [2.75, 3.05) is 46.4 Å². The van der Waals surface area contributed by atoms with Crippen molar-refractivity contribution in [3.05, 3.63) is 0 Å². The maximum absolute atomic E-state index is 12.4. The van der Waals surface area contributed by atoms with Gasteiger partial charge < -0.3 is 15.4 Å². The lowest BCUT2D eigenvalue weighted by atomic mass is 9.93. The van der Waals surface area contributed by atoms with E-state index in [0.717, 1.165) is 31.8 Å². The highest BCUT2D eigenvalue weighted by Crippen LogP contribution is 2.24. The van der Waals surface area contributed by atoms with Crippen molar-refractivity contribution < 1.29 is 17.9 Å². The van der Waals surface area contributed by atoms with Gasteiger partial charge in [0.15, 0.2) is 5.96 Å². The van der Waals surface area contributed by atoms with Gasteiger partial charge in [-0.1, -0.05) is 0 Å². The molecule has 2 N–H and O–H groups in total. The van der Waals surface area contributed by atoms with Crippen molar-refractivity contribution in [1.29, 1.82) is 0 Å². The molecular weight excluding hydrogens is 448 g/mol. The molecule has 25 heavy (non-hydrogen) atoms.